The molecule has 1 unspecified atom stereocenters. The van der Waals surface area contributed by atoms with Gasteiger partial charge in [0.2, 0.25) is 0 Å². The maximum atomic E-state index is 13.3. The van der Waals surface area contributed by atoms with Crippen LogP contribution >= 0.6 is 0 Å². The molecule has 2 rings (SSSR count). The first-order valence-corrected chi connectivity index (χ1v) is 7.30. The Bertz CT molecular complexity index is 660. The van der Waals surface area contributed by atoms with Crippen LogP contribution in [0, 0.1) is 5.82 Å². The molecule has 0 aliphatic rings. The summed E-state index contributed by atoms with van der Waals surface area (Å²) in [6.45, 7) is 0.953. The van der Waals surface area contributed by atoms with Crippen molar-refractivity contribution >= 4 is 6.29 Å². The fraction of sp³-hybridized carbons (Fsp3) is 0.278. The Morgan fingerprint density at radius 1 is 1.17 bits per heavy atom. The Balaban J connectivity index is 1.99. The second-order valence-electron chi connectivity index (χ2n) is 5.11. The van der Waals surface area contributed by atoms with Gasteiger partial charge in [-0.25, -0.2) is 4.39 Å². The van der Waals surface area contributed by atoms with Crippen LogP contribution in [0.3, 0.4) is 0 Å². The topological polar surface area (TPSA) is 47.6 Å². The molecule has 0 saturated carbocycles. The van der Waals surface area contributed by atoms with E-state index in [9.17, 15) is 9.18 Å². The predicted molar refractivity (Wildman–Crippen MR) is 86.5 cm³/mol. The molecule has 2 aromatic carbocycles. The van der Waals surface area contributed by atoms with Gasteiger partial charge in [-0.3, -0.25) is 0 Å². The fourth-order valence-electron chi connectivity index (χ4n) is 2.34. The van der Waals surface area contributed by atoms with Crippen molar-refractivity contribution in [2.75, 3.05) is 20.8 Å². The van der Waals surface area contributed by atoms with E-state index in [1.54, 1.807) is 32.4 Å². The number of methoxy groups -OCH3 is 2. The monoisotopic (exact) mass is 317 g/mol. The van der Waals surface area contributed by atoms with E-state index in [-0.39, 0.29) is 5.82 Å². The second kappa shape index (κ2) is 8.29. The van der Waals surface area contributed by atoms with Crippen molar-refractivity contribution in [2.45, 2.75) is 12.5 Å². The number of carbonyl (C=O) groups excluding carboxylic acids is 1. The van der Waals surface area contributed by atoms with E-state index < -0.39 is 5.92 Å². The predicted octanol–water partition coefficient (Wildman–Crippen LogP) is 2.92. The van der Waals surface area contributed by atoms with Crippen LogP contribution in [-0.2, 0) is 11.3 Å². The lowest BCUT2D eigenvalue weighted by atomic mass is 10.0. The van der Waals surface area contributed by atoms with E-state index in [0.717, 1.165) is 17.6 Å². The Hall–Kier alpha value is -2.40. The molecule has 0 fully saturated rings. The van der Waals surface area contributed by atoms with Gasteiger partial charge in [0.25, 0.3) is 0 Å². The summed E-state index contributed by atoms with van der Waals surface area (Å²) in [5.41, 5.74) is 1.62. The van der Waals surface area contributed by atoms with Crippen molar-refractivity contribution < 1.29 is 18.7 Å². The zero-order valence-electron chi connectivity index (χ0n) is 13.2. The van der Waals surface area contributed by atoms with Crippen LogP contribution in [0.15, 0.2) is 42.5 Å². The number of aldehydes is 1. The van der Waals surface area contributed by atoms with Crippen molar-refractivity contribution in [2.24, 2.45) is 0 Å². The number of ether oxygens (including phenoxy) is 2. The molecule has 0 spiro atoms. The van der Waals surface area contributed by atoms with Gasteiger partial charge in [0.1, 0.15) is 23.6 Å². The minimum Gasteiger partial charge on any atom is -0.497 e. The molecule has 23 heavy (non-hydrogen) atoms. The molecule has 0 radical (unpaired) electrons. The van der Waals surface area contributed by atoms with Crippen LogP contribution in [0.25, 0.3) is 0 Å². The van der Waals surface area contributed by atoms with Crippen LogP contribution in [-0.4, -0.2) is 27.1 Å². The van der Waals surface area contributed by atoms with E-state index in [2.05, 4.69) is 5.32 Å². The molecule has 0 aromatic heterocycles. The quantitative estimate of drug-likeness (QED) is 0.761. The lowest BCUT2D eigenvalue weighted by Gasteiger charge is -2.14. The van der Waals surface area contributed by atoms with Gasteiger partial charge in [-0.05, 0) is 23.8 Å². The van der Waals surface area contributed by atoms with Crippen LogP contribution in [0.5, 0.6) is 11.5 Å². The van der Waals surface area contributed by atoms with E-state index in [1.165, 1.54) is 12.1 Å². The molecule has 0 heterocycles. The Morgan fingerprint density at radius 2 is 2.00 bits per heavy atom. The maximum Gasteiger partial charge on any atom is 0.128 e. The minimum atomic E-state index is -0.394. The van der Waals surface area contributed by atoms with E-state index >= 15 is 0 Å². The molecular formula is C18H20FNO3. The molecule has 1 atom stereocenters. The molecule has 0 saturated heterocycles. The summed E-state index contributed by atoms with van der Waals surface area (Å²) in [7, 11) is 3.19. The second-order valence-corrected chi connectivity index (χ2v) is 5.11. The zero-order valence-corrected chi connectivity index (χ0v) is 13.2. The van der Waals surface area contributed by atoms with Gasteiger partial charge in [-0.1, -0.05) is 18.2 Å². The highest BCUT2D eigenvalue weighted by atomic mass is 19.1. The Kier molecular flexibility index (Phi) is 6.11. The number of halogens is 1. The molecule has 122 valence electrons. The third-order valence-electron chi connectivity index (χ3n) is 3.62. The summed E-state index contributed by atoms with van der Waals surface area (Å²) in [6.07, 6.45) is 0.826. The molecule has 4 nitrogen and oxygen atoms in total. The van der Waals surface area contributed by atoms with Crippen LogP contribution in [0.2, 0.25) is 0 Å². The summed E-state index contributed by atoms with van der Waals surface area (Å²) in [5, 5.41) is 3.21. The van der Waals surface area contributed by atoms with Gasteiger partial charge in [-0.2, -0.15) is 0 Å². The zero-order chi connectivity index (χ0) is 16.7. The fourth-order valence-corrected chi connectivity index (χ4v) is 2.34. The van der Waals surface area contributed by atoms with E-state index in [0.29, 0.717) is 24.4 Å². The van der Waals surface area contributed by atoms with Gasteiger partial charge in [0.05, 0.1) is 20.1 Å². The SMILES string of the molecule is COc1ccc(CNCC(C=O)c2cccc(F)c2)c(OC)c1. The third-order valence-corrected chi connectivity index (χ3v) is 3.62. The van der Waals surface area contributed by atoms with E-state index in [1.807, 2.05) is 12.1 Å². The van der Waals surface area contributed by atoms with Crippen LogP contribution < -0.4 is 14.8 Å². The van der Waals surface area contributed by atoms with Crippen molar-refractivity contribution in [3.8, 4) is 11.5 Å². The number of nitrogens with one attached hydrogen (secondary N) is 1. The smallest absolute Gasteiger partial charge is 0.128 e. The van der Waals surface area contributed by atoms with Gasteiger partial charge < -0.3 is 19.6 Å². The van der Waals surface area contributed by atoms with Gasteiger partial charge in [0, 0.05) is 24.7 Å². The molecule has 5 heteroatoms. The standard InChI is InChI=1S/C18H20FNO3/c1-22-17-7-6-14(18(9-17)23-2)10-20-11-15(12-21)13-4-3-5-16(19)8-13/h3-9,12,15,20H,10-11H2,1-2H3. The number of rotatable bonds is 8. The molecule has 2 aromatic rings. The first kappa shape index (κ1) is 17.0. The molecular weight excluding hydrogens is 297 g/mol. The van der Waals surface area contributed by atoms with Crippen LogP contribution in [0.4, 0.5) is 4.39 Å². The summed E-state index contributed by atoms with van der Waals surface area (Å²) in [5.74, 6) is 0.697. The van der Waals surface area contributed by atoms with Crippen molar-refractivity contribution in [1.82, 2.24) is 5.32 Å². The van der Waals surface area contributed by atoms with Gasteiger partial charge in [-0.15, -0.1) is 0 Å². The summed E-state index contributed by atoms with van der Waals surface area (Å²) in [6, 6.07) is 11.7. The van der Waals surface area contributed by atoms with Crippen LogP contribution in [0.1, 0.15) is 17.0 Å². The molecule has 0 aliphatic carbocycles. The largest absolute Gasteiger partial charge is 0.497 e. The Morgan fingerprint density at radius 3 is 2.65 bits per heavy atom. The lowest BCUT2D eigenvalue weighted by Crippen LogP contribution is -2.22. The maximum absolute atomic E-state index is 13.3. The summed E-state index contributed by atoms with van der Waals surface area (Å²) < 4.78 is 23.7. The van der Waals surface area contributed by atoms with E-state index in [4.69, 9.17) is 9.47 Å². The van der Waals surface area contributed by atoms with Crippen molar-refractivity contribution in [3.05, 3.63) is 59.4 Å². The molecule has 0 bridgehead atoms. The number of benzene rings is 2. The first-order valence-electron chi connectivity index (χ1n) is 7.30. The Labute approximate surface area is 135 Å². The average molecular weight is 317 g/mol. The van der Waals surface area contributed by atoms with Crippen molar-refractivity contribution in [3.63, 3.8) is 0 Å². The van der Waals surface area contributed by atoms with Gasteiger partial charge >= 0.3 is 0 Å². The number of hydrogen-bond acceptors (Lipinski definition) is 4. The highest BCUT2D eigenvalue weighted by Crippen LogP contribution is 2.24. The molecule has 0 aliphatic heterocycles. The first-order chi connectivity index (χ1) is 11.2. The van der Waals surface area contributed by atoms with Gasteiger partial charge in [0.15, 0.2) is 0 Å². The lowest BCUT2D eigenvalue weighted by molar-refractivity contribution is -0.109. The average Bonchev–Trinajstić information content (AvgIpc) is 2.58. The summed E-state index contributed by atoms with van der Waals surface area (Å²) >= 11 is 0. The summed E-state index contributed by atoms with van der Waals surface area (Å²) in [4.78, 5) is 11.3. The number of carbonyl (C=O) groups is 1. The minimum absolute atomic E-state index is 0.342. The third kappa shape index (κ3) is 4.53. The molecule has 0 amide bonds. The highest BCUT2D eigenvalue weighted by Gasteiger charge is 2.12. The molecule has 1 N–H and O–H groups in total. The highest BCUT2D eigenvalue weighted by molar-refractivity contribution is 5.62. The number of hydrogen-bond donors (Lipinski definition) is 1. The normalized spacial score (nSPS) is 11.8. The van der Waals surface area contributed by atoms with Crippen molar-refractivity contribution in [1.29, 1.82) is 0 Å².